The first kappa shape index (κ1) is 9.08. The minimum Gasteiger partial charge on any atom is -0.485 e. The van der Waals surface area contributed by atoms with E-state index in [9.17, 15) is 0 Å². The maximum Gasteiger partial charge on any atom is 0.176 e. The number of nitrogens with two attached hydrogens (primary N) is 1. The maximum atomic E-state index is 5.78. The molecule has 1 aliphatic heterocycles. The third-order valence-electron chi connectivity index (χ3n) is 2.53. The number of aromatic amines is 1. The first-order chi connectivity index (χ1) is 7.84. The van der Waals surface area contributed by atoms with Gasteiger partial charge in [0.05, 0.1) is 11.9 Å². The van der Waals surface area contributed by atoms with Crippen molar-refractivity contribution in [2.45, 2.75) is 6.10 Å². The maximum absolute atomic E-state index is 5.78. The fraction of sp³-hybridized carbons (Fsp3) is 0.182. The number of ether oxygens (including phenoxy) is 2. The van der Waals surface area contributed by atoms with Crippen LogP contribution in [0.25, 0.3) is 0 Å². The van der Waals surface area contributed by atoms with Gasteiger partial charge in [-0.05, 0) is 12.1 Å². The van der Waals surface area contributed by atoms with Gasteiger partial charge in [0.15, 0.2) is 17.6 Å². The minimum atomic E-state index is -0.225. The van der Waals surface area contributed by atoms with Gasteiger partial charge in [-0.15, -0.1) is 0 Å². The van der Waals surface area contributed by atoms with Crippen LogP contribution in [0.5, 0.6) is 11.5 Å². The molecule has 5 nitrogen and oxygen atoms in total. The van der Waals surface area contributed by atoms with Crippen LogP contribution in [0, 0.1) is 0 Å². The number of fused-ring (bicyclic) bond motifs is 1. The summed E-state index contributed by atoms with van der Waals surface area (Å²) in [6, 6.07) is 7.56. The summed E-state index contributed by atoms with van der Waals surface area (Å²) in [4.78, 5) is 0. The Hall–Kier alpha value is -2.17. The summed E-state index contributed by atoms with van der Waals surface area (Å²) in [6.45, 7) is 0.434. The monoisotopic (exact) mass is 217 g/mol. The van der Waals surface area contributed by atoms with Crippen molar-refractivity contribution in [3.05, 3.63) is 36.2 Å². The predicted molar refractivity (Wildman–Crippen MR) is 58.3 cm³/mol. The van der Waals surface area contributed by atoms with E-state index in [2.05, 4.69) is 10.2 Å². The van der Waals surface area contributed by atoms with Crippen LogP contribution in [-0.4, -0.2) is 16.8 Å². The van der Waals surface area contributed by atoms with Crippen molar-refractivity contribution in [1.29, 1.82) is 0 Å². The molecular weight excluding hydrogens is 206 g/mol. The molecule has 3 rings (SSSR count). The van der Waals surface area contributed by atoms with E-state index >= 15 is 0 Å². The van der Waals surface area contributed by atoms with Crippen LogP contribution in [0.1, 0.15) is 11.8 Å². The molecule has 1 unspecified atom stereocenters. The standard InChI is InChI=1S/C11H11N3O2/c12-7-5-13-14-11(7)10-6-15-8-3-1-2-4-9(8)16-10/h1-5,10H,6,12H2,(H,13,14). The third-order valence-corrected chi connectivity index (χ3v) is 2.53. The van der Waals surface area contributed by atoms with Crippen molar-refractivity contribution in [3.63, 3.8) is 0 Å². The highest BCUT2D eigenvalue weighted by Crippen LogP contribution is 2.36. The normalized spacial score (nSPS) is 18.4. The average Bonchev–Trinajstić information content (AvgIpc) is 2.75. The van der Waals surface area contributed by atoms with Crippen molar-refractivity contribution in [2.24, 2.45) is 0 Å². The molecule has 0 aliphatic carbocycles. The zero-order chi connectivity index (χ0) is 11.0. The molecule has 1 aromatic carbocycles. The molecule has 5 heteroatoms. The summed E-state index contributed by atoms with van der Waals surface area (Å²) in [5.74, 6) is 1.49. The lowest BCUT2D eigenvalue weighted by Crippen LogP contribution is -2.22. The largest absolute Gasteiger partial charge is 0.485 e. The Labute approximate surface area is 92.2 Å². The number of rotatable bonds is 1. The molecule has 3 N–H and O–H groups in total. The highest BCUT2D eigenvalue weighted by atomic mass is 16.6. The van der Waals surface area contributed by atoms with Gasteiger partial charge in [0.2, 0.25) is 0 Å². The van der Waals surface area contributed by atoms with Crippen molar-refractivity contribution in [1.82, 2.24) is 10.2 Å². The topological polar surface area (TPSA) is 73.2 Å². The fourth-order valence-corrected chi connectivity index (χ4v) is 1.73. The van der Waals surface area contributed by atoms with Gasteiger partial charge >= 0.3 is 0 Å². The van der Waals surface area contributed by atoms with Gasteiger partial charge in [0.1, 0.15) is 12.3 Å². The summed E-state index contributed by atoms with van der Waals surface area (Å²) in [7, 11) is 0. The van der Waals surface area contributed by atoms with Gasteiger partial charge in [-0.25, -0.2) is 0 Å². The molecule has 0 radical (unpaired) electrons. The predicted octanol–water partition coefficient (Wildman–Crippen LogP) is 1.50. The number of para-hydroxylation sites is 2. The summed E-state index contributed by atoms with van der Waals surface area (Å²) in [5, 5.41) is 6.69. The van der Waals surface area contributed by atoms with Crippen molar-refractivity contribution in [3.8, 4) is 11.5 Å². The quantitative estimate of drug-likeness (QED) is 0.759. The number of nitrogens with zero attached hydrogens (tertiary/aromatic N) is 1. The number of H-pyrrole nitrogens is 1. The summed E-state index contributed by atoms with van der Waals surface area (Å²) in [5.41, 5.74) is 7.11. The molecule has 0 bridgehead atoms. The SMILES string of the molecule is Nc1cn[nH]c1C1COc2ccccc2O1. The second-order valence-corrected chi connectivity index (χ2v) is 3.60. The molecule has 2 heterocycles. The van der Waals surface area contributed by atoms with Gasteiger partial charge in [0, 0.05) is 0 Å². The molecule has 1 atom stereocenters. The van der Waals surface area contributed by atoms with Crippen LogP contribution in [-0.2, 0) is 0 Å². The molecule has 16 heavy (non-hydrogen) atoms. The van der Waals surface area contributed by atoms with Gasteiger partial charge in [-0.1, -0.05) is 12.1 Å². The molecule has 0 spiro atoms. The smallest absolute Gasteiger partial charge is 0.176 e. The van der Waals surface area contributed by atoms with Crippen molar-refractivity contribution in [2.75, 3.05) is 12.3 Å². The molecular formula is C11H11N3O2. The average molecular weight is 217 g/mol. The fourth-order valence-electron chi connectivity index (χ4n) is 1.73. The minimum absolute atomic E-state index is 0.225. The molecule has 2 aromatic rings. The summed E-state index contributed by atoms with van der Waals surface area (Å²) >= 11 is 0. The Morgan fingerprint density at radius 1 is 1.31 bits per heavy atom. The number of hydrogen-bond donors (Lipinski definition) is 2. The van der Waals surface area contributed by atoms with Gasteiger partial charge in [-0.3, -0.25) is 5.10 Å². The first-order valence-corrected chi connectivity index (χ1v) is 5.02. The van der Waals surface area contributed by atoms with E-state index in [-0.39, 0.29) is 6.10 Å². The summed E-state index contributed by atoms with van der Waals surface area (Å²) < 4.78 is 11.4. The Kier molecular flexibility index (Phi) is 1.96. The Morgan fingerprint density at radius 3 is 2.88 bits per heavy atom. The summed E-state index contributed by atoms with van der Waals surface area (Å²) in [6.07, 6.45) is 1.34. The molecule has 82 valence electrons. The van der Waals surface area contributed by atoms with Crippen LogP contribution in [0.2, 0.25) is 0 Å². The highest BCUT2D eigenvalue weighted by molar-refractivity contribution is 5.45. The molecule has 1 aromatic heterocycles. The van der Waals surface area contributed by atoms with Crippen LogP contribution in [0.15, 0.2) is 30.5 Å². The zero-order valence-electron chi connectivity index (χ0n) is 8.51. The Morgan fingerprint density at radius 2 is 2.12 bits per heavy atom. The number of anilines is 1. The van der Waals surface area contributed by atoms with Crippen LogP contribution < -0.4 is 15.2 Å². The zero-order valence-corrected chi connectivity index (χ0v) is 8.51. The Bertz CT molecular complexity index is 509. The third kappa shape index (κ3) is 1.37. The lowest BCUT2D eigenvalue weighted by atomic mass is 10.2. The second kappa shape index (κ2) is 3.44. The Balaban J connectivity index is 1.91. The van der Waals surface area contributed by atoms with E-state index in [0.29, 0.717) is 12.3 Å². The molecule has 0 saturated heterocycles. The second-order valence-electron chi connectivity index (χ2n) is 3.60. The molecule has 1 aliphatic rings. The molecule has 0 fully saturated rings. The highest BCUT2D eigenvalue weighted by Gasteiger charge is 2.25. The van der Waals surface area contributed by atoms with E-state index in [1.165, 1.54) is 0 Å². The van der Waals surface area contributed by atoms with Crippen LogP contribution in [0.3, 0.4) is 0 Å². The van der Waals surface area contributed by atoms with Crippen LogP contribution in [0.4, 0.5) is 5.69 Å². The number of hydrogen-bond acceptors (Lipinski definition) is 4. The van der Waals surface area contributed by atoms with Gasteiger partial charge in [-0.2, -0.15) is 5.10 Å². The number of nitrogen functional groups attached to an aromatic ring is 1. The molecule has 0 amide bonds. The van der Waals surface area contributed by atoms with E-state index in [0.717, 1.165) is 17.2 Å². The lowest BCUT2D eigenvalue weighted by molar-refractivity contribution is 0.0887. The van der Waals surface area contributed by atoms with E-state index in [4.69, 9.17) is 15.2 Å². The van der Waals surface area contributed by atoms with Crippen LogP contribution >= 0.6 is 0 Å². The van der Waals surface area contributed by atoms with Gasteiger partial charge in [0.25, 0.3) is 0 Å². The van der Waals surface area contributed by atoms with E-state index in [1.807, 2.05) is 24.3 Å². The van der Waals surface area contributed by atoms with Gasteiger partial charge < -0.3 is 15.2 Å². The lowest BCUT2D eigenvalue weighted by Gasteiger charge is -2.25. The number of aromatic nitrogens is 2. The molecule has 0 saturated carbocycles. The van der Waals surface area contributed by atoms with Crippen molar-refractivity contribution >= 4 is 5.69 Å². The number of benzene rings is 1. The first-order valence-electron chi connectivity index (χ1n) is 5.02. The van der Waals surface area contributed by atoms with Crippen molar-refractivity contribution < 1.29 is 9.47 Å². The van der Waals surface area contributed by atoms with E-state index < -0.39 is 0 Å². The number of nitrogens with one attached hydrogen (secondary N) is 1. The van der Waals surface area contributed by atoms with E-state index in [1.54, 1.807) is 6.20 Å².